The molecule has 4 rings (SSSR count). The van der Waals surface area contributed by atoms with Crippen LogP contribution in [0.15, 0.2) is 54.7 Å². The van der Waals surface area contributed by atoms with Gasteiger partial charge >= 0.3 is 0 Å². The van der Waals surface area contributed by atoms with Gasteiger partial charge in [0.2, 0.25) is 0 Å². The predicted molar refractivity (Wildman–Crippen MR) is 106 cm³/mol. The van der Waals surface area contributed by atoms with E-state index in [1.165, 1.54) is 36.4 Å². The molecule has 3 aromatic rings. The average Bonchev–Trinajstić information content (AvgIpc) is 3.15. The lowest BCUT2D eigenvalue weighted by molar-refractivity contribution is 0.0535. The molecule has 0 aliphatic carbocycles. The summed E-state index contributed by atoms with van der Waals surface area (Å²) < 4.78 is 27.8. The Bertz CT molecular complexity index is 1070. The van der Waals surface area contributed by atoms with Crippen molar-refractivity contribution in [3.8, 4) is 5.69 Å². The summed E-state index contributed by atoms with van der Waals surface area (Å²) in [5, 5.41) is 4.37. The molecule has 1 aliphatic rings. The minimum absolute atomic E-state index is 0.158. The fraction of sp³-hybridized carbons (Fsp3) is 0.227. The Labute approximate surface area is 172 Å². The number of piperazine rings is 1. The normalized spacial score (nSPS) is 14.1. The molecule has 0 N–H and O–H groups in total. The van der Waals surface area contributed by atoms with Crippen molar-refractivity contribution in [2.24, 2.45) is 0 Å². The van der Waals surface area contributed by atoms with Crippen LogP contribution < -0.4 is 0 Å². The van der Waals surface area contributed by atoms with Gasteiger partial charge in [-0.15, -0.1) is 0 Å². The first-order valence-electron chi connectivity index (χ1n) is 9.59. The highest BCUT2D eigenvalue weighted by Gasteiger charge is 2.27. The Hall–Kier alpha value is -3.55. The molecule has 154 valence electrons. The lowest BCUT2D eigenvalue weighted by Gasteiger charge is -2.34. The van der Waals surface area contributed by atoms with Gasteiger partial charge in [0.25, 0.3) is 11.8 Å². The Morgan fingerprint density at radius 2 is 1.30 bits per heavy atom. The minimum Gasteiger partial charge on any atom is -0.335 e. The number of carbonyl (C=O) groups excluding carboxylic acids is 2. The molecule has 0 atom stereocenters. The number of hydrogen-bond acceptors (Lipinski definition) is 3. The topological polar surface area (TPSA) is 58.4 Å². The largest absolute Gasteiger partial charge is 0.335 e. The quantitative estimate of drug-likeness (QED) is 0.667. The van der Waals surface area contributed by atoms with Crippen molar-refractivity contribution in [2.75, 3.05) is 26.2 Å². The molecule has 30 heavy (non-hydrogen) atoms. The van der Waals surface area contributed by atoms with E-state index in [4.69, 9.17) is 0 Å². The van der Waals surface area contributed by atoms with Gasteiger partial charge in [0, 0.05) is 37.9 Å². The smallest absolute Gasteiger partial charge is 0.257 e. The summed E-state index contributed by atoms with van der Waals surface area (Å²) in [6, 6.07) is 11.3. The number of aromatic nitrogens is 2. The van der Waals surface area contributed by atoms with Crippen LogP contribution in [0, 0.1) is 18.6 Å². The number of halogens is 2. The van der Waals surface area contributed by atoms with E-state index in [9.17, 15) is 18.4 Å². The Morgan fingerprint density at radius 1 is 0.800 bits per heavy atom. The molecule has 1 aromatic heterocycles. The van der Waals surface area contributed by atoms with Gasteiger partial charge in [-0.05, 0) is 55.5 Å². The molecule has 0 saturated carbocycles. The van der Waals surface area contributed by atoms with Gasteiger partial charge in [-0.25, -0.2) is 13.5 Å². The lowest BCUT2D eigenvalue weighted by Crippen LogP contribution is -2.50. The van der Waals surface area contributed by atoms with Crippen molar-refractivity contribution < 1.29 is 18.4 Å². The zero-order valence-electron chi connectivity index (χ0n) is 16.4. The van der Waals surface area contributed by atoms with Crippen molar-refractivity contribution in [1.29, 1.82) is 0 Å². The highest BCUT2D eigenvalue weighted by molar-refractivity contribution is 5.96. The second-order valence-electron chi connectivity index (χ2n) is 7.14. The Kier molecular flexibility index (Phi) is 5.31. The van der Waals surface area contributed by atoms with E-state index in [0.717, 1.165) is 0 Å². The van der Waals surface area contributed by atoms with E-state index in [1.807, 2.05) is 0 Å². The summed E-state index contributed by atoms with van der Waals surface area (Å²) in [6.07, 6.45) is 1.64. The van der Waals surface area contributed by atoms with Crippen LogP contribution in [0.1, 0.15) is 26.4 Å². The number of aryl methyl sites for hydroxylation is 1. The highest BCUT2D eigenvalue weighted by atomic mass is 19.1. The average molecular weight is 410 g/mol. The third-order valence-electron chi connectivity index (χ3n) is 5.17. The van der Waals surface area contributed by atoms with Crippen LogP contribution >= 0.6 is 0 Å². The number of amides is 2. The molecular weight excluding hydrogens is 390 g/mol. The molecule has 1 fully saturated rings. The molecule has 2 amide bonds. The van der Waals surface area contributed by atoms with Crippen molar-refractivity contribution in [3.63, 3.8) is 0 Å². The summed E-state index contributed by atoms with van der Waals surface area (Å²) in [5.41, 5.74) is 2.13. The fourth-order valence-corrected chi connectivity index (χ4v) is 3.45. The second-order valence-corrected chi connectivity index (χ2v) is 7.14. The number of rotatable bonds is 3. The van der Waals surface area contributed by atoms with Crippen LogP contribution in [0.4, 0.5) is 8.78 Å². The van der Waals surface area contributed by atoms with Gasteiger partial charge in [-0.1, -0.05) is 0 Å². The van der Waals surface area contributed by atoms with E-state index in [0.29, 0.717) is 48.7 Å². The fourth-order valence-electron chi connectivity index (χ4n) is 3.45. The van der Waals surface area contributed by atoms with E-state index in [-0.39, 0.29) is 17.6 Å². The SMILES string of the molecule is Cc1nn(-c2ccc(F)cc2)cc1C(=O)N1CCN(C(=O)c2ccc(F)cc2)CC1. The van der Waals surface area contributed by atoms with Crippen LogP contribution in [0.25, 0.3) is 5.69 Å². The van der Waals surface area contributed by atoms with Crippen LogP contribution in [0.3, 0.4) is 0 Å². The third-order valence-corrected chi connectivity index (χ3v) is 5.17. The molecule has 2 aromatic carbocycles. The van der Waals surface area contributed by atoms with Crippen LogP contribution in [0.2, 0.25) is 0 Å². The molecule has 0 spiro atoms. The first-order valence-corrected chi connectivity index (χ1v) is 9.59. The summed E-state index contributed by atoms with van der Waals surface area (Å²) in [7, 11) is 0. The molecule has 2 heterocycles. The monoisotopic (exact) mass is 410 g/mol. The Morgan fingerprint density at radius 3 is 1.87 bits per heavy atom. The number of hydrogen-bond donors (Lipinski definition) is 0. The molecule has 1 aliphatic heterocycles. The number of benzene rings is 2. The summed E-state index contributed by atoms with van der Waals surface area (Å²) in [4.78, 5) is 28.9. The summed E-state index contributed by atoms with van der Waals surface area (Å²) >= 11 is 0. The first-order chi connectivity index (χ1) is 14.4. The van der Waals surface area contributed by atoms with Crippen molar-refractivity contribution in [1.82, 2.24) is 19.6 Å². The predicted octanol–water partition coefficient (Wildman–Crippen LogP) is 3.06. The molecule has 0 radical (unpaired) electrons. The zero-order chi connectivity index (χ0) is 21.3. The van der Waals surface area contributed by atoms with Gasteiger partial charge < -0.3 is 9.80 Å². The maximum absolute atomic E-state index is 13.1. The van der Waals surface area contributed by atoms with Crippen LogP contribution in [0.5, 0.6) is 0 Å². The molecule has 8 heteroatoms. The second kappa shape index (κ2) is 8.06. The first kappa shape index (κ1) is 19.8. The molecular formula is C22H20F2N4O2. The van der Waals surface area contributed by atoms with Crippen LogP contribution in [-0.4, -0.2) is 57.6 Å². The van der Waals surface area contributed by atoms with Gasteiger partial charge in [-0.2, -0.15) is 5.10 Å². The maximum Gasteiger partial charge on any atom is 0.257 e. The molecule has 1 saturated heterocycles. The van der Waals surface area contributed by atoms with Gasteiger partial charge in [0.05, 0.1) is 16.9 Å². The highest BCUT2D eigenvalue weighted by Crippen LogP contribution is 2.17. The minimum atomic E-state index is -0.390. The number of nitrogens with zero attached hydrogens (tertiary/aromatic N) is 4. The molecule has 0 unspecified atom stereocenters. The summed E-state index contributed by atoms with van der Waals surface area (Å²) in [6.45, 7) is 3.33. The third kappa shape index (κ3) is 3.94. The Balaban J connectivity index is 1.42. The zero-order valence-corrected chi connectivity index (χ0v) is 16.4. The van der Waals surface area contributed by atoms with Crippen molar-refractivity contribution in [3.05, 3.63) is 83.2 Å². The van der Waals surface area contributed by atoms with Crippen molar-refractivity contribution >= 4 is 11.8 Å². The van der Waals surface area contributed by atoms with E-state index in [2.05, 4.69) is 5.10 Å². The van der Waals surface area contributed by atoms with Gasteiger partial charge in [-0.3, -0.25) is 9.59 Å². The molecule has 6 nitrogen and oxygen atoms in total. The van der Waals surface area contributed by atoms with Gasteiger partial charge in [0.15, 0.2) is 0 Å². The maximum atomic E-state index is 13.1. The van der Waals surface area contributed by atoms with Gasteiger partial charge in [0.1, 0.15) is 11.6 Å². The lowest BCUT2D eigenvalue weighted by atomic mass is 10.1. The van der Waals surface area contributed by atoms with Crippen molar-refractivity contribution in [2.45, 2.75) is 6.92 Å². The standard InChI is InChI=1S/C22H20F2N4O2/c1-15-20(14-28(25-15)19-8-6-18(24)7-9-19)22(30)27-12-10-26(11-13-27)21(29)16-2-4-17(23)5-3-16/h2-9,14H,10-13H2,1H3. The molecule has 0 bridgehead atoms. The number of carbonyl (C=O) groups is 2. The van der Waals surface area contributed by atoms with E-state index >= 15 is 0 Å². The van der Waals surface area contributed by atoms with E-state index in [1.54, 1.807) is 39.7 Å². The summed E-state index contributed by atoms with van der Waals surface area (Å²) in [5.74, 6) is -1.07. The van der Waals surface area contributed by atoms with Crippen LogP contribution in [-0.2, 0) is 0 Å². The van der Waals surface area contributed by atoms with E-state index < -0.39 is 5.82 Å².